The third-order valence-corrected chi connectivity index (χ3v) is 3.54. The van der Waals surface area contributed by atoms with E-state index < -0.39 is 5.60 Å². The number of piperidine rings is 1. The van der Waals surface area contributed by atoms with E-state index in [4.69, 9.17) is 0 Å². The summed E-state index contributed by atoms with van der Waals surface area (Å²) >= 11 is 0. The molecule has 2 rings (SSSR count). The SMILES string of the molecule is CCn1cc(CNCC2(O)CCCN(C)C2)cn1. The Balaban J connectivity index is 1.77. The molecule has 1 unspecified atom stereocenters. The molecule has 0 aromatic carbocycles. The van der Waals surface area contributed by atoms with Crippen molar-refractivity contribution in [3.63, 3.8) is 0 Å². The van der Waals surface area contributed by atoms with Gasteiger partial charge in [0.15, 0.2) is 0 Å². The Morgan fingerprint density at radius 1 is 1.56 bits per heavy atom. The van der Waals surface area contributed by atoms with Crippen LogP contribution in [0.25, 0.3) is 0 Å². The van der Waals surface area contributed by atoms with Gasteiger partial charge >= 0.3 is 0 Å². The summed E-state index contributed by atoms with van der Waals surface area (Å²) in [6, 6.07) is 0. The monoisotopic (exact) mass is 252 g/mol. The fraction of sp³-hybridized carbons (Fsp3) is 0.769. The number of nitrogens with one attached hydrogen (secondary N) is 1. The molecule has 2 heterocycles. The number of hydrogen-bond donors (Lipinski definition) is 2. The van der Waals surface area contributed by atoms with Gasteiger partial charge in [-0.2, -0.15) is 5.10 Å². The first-order valence-electron chi connectivity index (χ1n) is 6.74. The summed E-state index contributed by atoms with van der Waals surface area (Å²) in [6.07, 6.45) is 5.89. The fourth-order valence-electron chi connectivity index (χ4n) is 2.59. The summed E-state index contributed by atoms with van der Waals surface area (Å²) in [6.45, 7) is 6.24. The molecule has 1 aliphatic heterocycles. The van der Waals surface area contributed by atoms with Crippen molar-refractivity contribution in [3.8, 4) is 0 Å². The molecule has 5 nitrogen and oxygen atoms in total. The second kappa shape index (κ2) is 5.82. The Morgan fingerprint density at radius 2 is 2.39 bits per heavy atom. The molecule has 1 aromatic heterocycles. The van der Waals surface area contributed by atoms with Gasteiger partial charge in [0, 0.05) is 37.9 Å². The van der Waals surface area contributed by atoms with Gasteiger partial charge in [0.2, 0.25) is 0 Å². The predicted octanol–water partition coefficient (Wildman–Crippen LogP) is 0.449. The molecule has 1 saturated heterocycles. The van der Waals surface area contributed by atoms with Crippen molar-refractivity contribution in [2.24, 2.45) is 0 Å². The van der Waals surface area contributed by atoms with Crippen molar-refractivity contribution in [2.45, 2.75) is 38.5 Å². The molecule has 0 bridgehead atoms. The number of hydrogen-bond acceptors (Lipinski definition) is 4. The molecule has 1 atom stereocenters. The van der Waals surface area contributed by atoms with E-state index in [0.29, 0.717) is 6.54 Å². The Kier molecular flexibility index (Phi) is 4.37. The molecule has 102 valence electrons. The normalized spacial score (nSPS) is 25.5. The molecule has 0 aliphatic carbocycles. The van der Waals surface area contributed by atoms with Gasteiger partial charge in [0.05, 0.1) is 11.8 Å². The highest BCUT2D eigenvalue weighted by Gasteiger charge is 2.31. The lowest BCUT2D eigenvalue weighted by Gasteiger charge is -2.37. The maximum Gasteiger partial charge on any atom is 0.0898 e. The van der Waals surface area contributed by atoms with Crippen LogP contribution in [0.3, 0.4) is 0 Å². The zero-order valence-corrected chi connectivity index (χ0v) is 11.4. The van der Waals surface area contributed by atoms with Crippen LogP contribution in [0.1, 0.15) is 25.3 Å². The van der Waals surface area contributed by atoms with E-state index in [9.17, 15) is 5.11 Å². The van der Waals surface area contributed by atoms with Gasteiger partial charge in [-0.05, 0) is 33.4 Å². The van der Waals surface area contributed by atoms with E-state index in [-0.39, 0.29) is 0 Å². The third kappa shape index (κ3) is 3.54. The van der Waals surface area contributed by atoms with E-state index in [1.807, 2.05) is 17.1 Å². The molecule has 0 radical (unpaired) electrons. The van der Waals surface area contributed by atoms with Crippen molar-refractivity contribution in [1.29, 1.82) is 0 Å². The topological polar surface area (TPSA) is 53.3 Å². The van der Waals surface area contributed by atoms with Crippen LogP contribution in [0.15, 0.2) is 12.4 Å². The van der Waals surface area contributed by atoms with Crippen LogP contribution in [0.5, 0.6) is 0 Å². The Hall–Kier alpha value is -0.910. The first-order chi connectivity index (χ1) is 8.61. The van der Waals surface area contributed by atoms with Crippen LogP contribution in [0.2, 0.25) is 0 Å². The number of likely N-dealkylation sites (N-methyl/N-ethyl adjacent to an activating group) is 1. The quantitative estimate of drug-likeness (QED) is 0.799. The number of likely N-dealkylation sites (tertiary alicyclic amines) is 1. The zero-order valence-electron chi connectivity index (χ0n) is 11.4. The summed E-state index contributed by atoms with van der Waals surface area (Å²) in [7, 11) is 2.06. The van der Waals surface area contributed by atoms with Gasteiger partial charge in [-0.1, -0.05) is 0 Å². The second-order valence-corrected chi connectivity index (χ2v) is 5.37. The lowest BCUT2D eigenvalue weighted by Crippen LogP contribution is -2.52. The van der Waals surface area contributed by atoms with Gasteiger partial charge < -0.3 is 15.3 Å². The maximum atomic E-state index is 10.4. The van der Waals surface area contributed by atoms with Crippen molar-refractivity contribution in [2.75, 3.05) is 26.7 Å². The van der Waals surface area contributed by atoms with Crippen LogP contribution >= 0.6 is 0 Å². The molecule has 0 spiro atoms. The minimum absolute atomic E-state index is 0.576. The van der Waals surface area contributed by atoms with Gasteiger partial charge in [-0.25, -0.2) is 0 Å². The average molecular weight is 252 g/mol. The van der Waals surface area contributed by atoms with Crippen molar-refractivity contribution in [3.05, 3.63) is 18.0 Å². The van der Waals surface area contributed by atoms with Crippen LogP contribution in [-0.4, -0.2) is 52.1 Å². The molecule has 0 saturated carbocycles. The molecular formula is C13H24N4O. The summed E-state index contributed by atoms with van der Waals surface area (Å²) < 4.78 is 1.92. The summed E-state index contributed by atoms with van der Waals surface area (Å²) in [4.78, 5) is 2.19. The number of rotatable bonds is 5. The van der Waals surface area contributed by atoms with E-state index in [0.717, 1.165) is 39.0 Å². The fourth-order valence-corrected chi connectivity index (χ4v) is 2.59. The highest BCUT2D eigenvalue weighted by molar-refractivity contribution is 5.03. The number of β-amino-alcohol motifs (C(OH)–C–C–N with tert-alkyl or cyclic N) is 1. The minimum Gasteiger partial charge on any atom is -0.387 e. The number of nitrogens with zero attached hydrogens (tertiary/aromatic N) is 3. The lowest BCUT2D eigenvalue weighted by atomic mass is 9.93. The second-order valence-electron chi connectivity index (χ2n) is 5.37. The molecule has 1 aromatic rings. The van der Waals surface area contributed by atoms with Crippen LogP contribution in [0.4, 0.5) is 0 Å². The third-order valence-electron chi connectivity index (χ3n) is 3.54. The predicted molar refractivity (Wildman–Crippen MR) is 71.3 cm³/mol. The van der Waals surface area contributed by atoms with Gasteiger partial charge in [-0.3, -0.25) is 4.68 Å². The largest absolute Gasteiger partial charge is 0.387 e. The van der Waals surface area contributed by atoms with Crippen LogP contribution in [-0.2, 0) is 13.1 Å². The van der Waals surface area contributed by atoms with Gasteiger partial charge in [0.1, 0.15) is 0 Å². The Bertz CT molecular complexity index is 379. The summed E-state index contributed by atoms with van der Waals surface area (Å²) in [5.41, 5.74) is 0.595. The smallest absolute Gasteiger partial charge is 0.0898 e. The molecule has 1 fully saturated rings. The first kappa shape index (κ1) is 13.5. The lowest BCUT2D eigenvalue weighted by molar-refractivity contribution is -0.0218. The van der Waals surface area contributed by atoms with Gasteiger partial charge in [0.25, 0.3) is 0 Å². The highest BCUT2D eigenvalue weighted by atomic mass is 16.3. The van der Waals surface area contributed by atoms with Crippen molar-refractivity contribution < 1.29 is 5.11 Å². The van der Waals surface area contributed by atoms with Crippen LogP contribution < -0.4 is 5.32 Å². The standard InChI is InChI=1S/C13H24N4O/c1-3-17-9-12(8-15-17)7-14-10-13(18)5-4-6-16(2)11-13/h8-9,14,18H,3-7,10-11H2,1-2H3. The Labute approximate surface area is 109 Å². The number of aryl methyl sites for hydroxylation is 1. The molecule has 0 amide bonds. The maximum absolute atomic E-state index is 10.4. The van der Waals surface area contributed by atoms with Gasteiger partial charge in [-0.15, -0.1) is 0 Å². The van der Waals surface area contributed by atoms with E-state index in [2.05, 4.69) is 29.3 Å². The summed E-state index contributed by atoms with van der Waals surface area (Å²) in [5, 5.41) is 18.0. The van der Waals surface area contributed by atoms with E-state index in [1.54, 1.807) is 0 Å². The number of aromatic nitrogens is 2. The van der Waals surface area contributed by atoms with Crippen LogP contribution in [0, 0.1) is 0 Å². The summed E-state index contributed by atoms with van der Waals surface area (Å²) in [5.74, 6) is 0. The van der Waals surface area contributed by atoms with E-state index >= 15 is 0 Å². The highest BCUT2D eigenvalue weighted by Crippen LogP contribution is 2.19. The van der Waals surface area contributed by atoms with Crippen molar-refractivity contribution >= 4 is 0 Å². The molecular weight excluding hydrogens is 228 g/mol. The molecule has 1 aliphatic rings. The van der Waals surface area contributed by atoms with Crippen molar-refractivity contribution in [1.82, 2.24) is 20.0 Å². The van der Waals surface area contributed by atoms with E-state index in [1.165, 1.54) is 5.56 Å². The Morgan fingerprint density at radius 3 is 3.06 bits per heavy atom. The average Bonchev–Trinajstić information content (AvgIpc) is 2.76. The number of aliphatic hydroxyl groups is 1. The molecule has 2 N–H and O–H groups in total. The molecule has 5 heteroatoms. The first-order valence-corrected chi connectivity index (χ1v) is 6.74. The minimum atomic E-state index is -0.576. The molecule has 18 heavy (non-hydrogen) atoms. The zero-order chi connectivity index (χ0) is 13.0.